The highest BCUT2D eigenvalue weighted by Gasteiger charge is 2.17. The molecule has 0 saturated heterocycles. The van der Waals surface area contributed by atoms with Crippen LogP contribution in [0.3, 0.4) is 0 Å². The van der Waals surface area contributed by atoms with E-state index >= 15 is 0 Å². The molecule has 0 spiro atoms. The number of halogens is 1. The predicted octanol–water partition coefficient (Wildman–Crippen LogP) is 5.66. The molecule has 28 heavy (non-hydrogen) atoms. The molecule has 0 aliphatic heterocycles. The van der Waals surface area contributed by atoms with Crippen molar-refractivity contribution in [1.29, 1.82) is 0 Å². The van der Waals surface area contributed by atoms with E-state index in [-0.39, 0.29) is 5.75 Å². The van der Waals surface area contributed by atoms with Gasteiger partial charge in [-0.15, -0.1) is 0 Å². The maximum Gasteiger partial charge on any atom is 0.208 e. The molecule has 0 aliphatic rings. The molecule has 1 heterocycles. The van der Waals surface area contributed by atoms with Gasteiger partial charge in [-0.1, -0.05) is 41.9 Å². The normalized spacial score (nSPS) is 11.0. The lowest BCUT2D eigenvalue weighted by Crippen LogP contribution is -2.03. The van der Waals surface area contributed by atoms with Gasteiger partial charge in [0.15, 0.2) is 0 Å². The molecule has 2 N–H and O–H groups in total. The molecule has 0 unspecified atom stereocenters. The first kappa shape index (κ1) is 18.2. The molecule has 5 nitrogen and oxygen atoms in total. The summed E-state index contributed by atoms with van der Waals surface area (Å²) in [5.41, 5.74) is 5.21. The van der Waals surface area contributed by atoms with Crippen molar-refractivity contribution >= 4 is 34.3 Å². The third-order valence-electron chi connectivity index (χ3n) is 4.81. The number of imidazole rings is 1. The van der Waals surface area contributed by atoms with Gasteiger partial charge < -0.3 is 19.7 Å². The van der Waals surface area contributed by atoms with Gasteiger partial charge in [0, 0.05) is 29.3 Å². The summed E-state index contributed by atoms with van der Waals surface area (Å²) in [7, 11) is 3.56. The van der Waals surface area contributed by atoms with Crippen LogP contribution in [0.4, 0.5) is 11.6 Å². The van der Waals surface area contributed by atoms with Crippen LogP contribution < -0.4 is 10.1 Å². The number of phenols is 1. The molecule has 142 valence electrons. The van der Waals surface area contributed by atoms with Crippen LogP contribution in [0.1, 0.15) is 5.56 Å². The number of aromatic nitrogens is 2. The van der Waals surface area contributed by atoms with E-state index < -0.39 is 0 Å². The maximum atomic E-state index is 10.3. The molecule has 6 heteroatoms. The monoisotopic (exact) mass is 393 g/mol. The van der Waals surface area contributed by atoms with Crippen molar-refractivity contribution in [2.45, 2.75) is 6.92 Å². The van der Waals surface area contributed by atoms with Gasteiger partial charge in [-0.3, -0.25) is 0 Å². The lowest BCUT2D eigenvalue weighted by Gasteiger charge is -2.14. The molecule has 4 rings (SSSR count). The summed E-state index contributed by atoms with van der Waals surface area (Å²) in [6, 6.07) is 16.8. The van der Waals surface area contributed by atoms with Crippen molar-refractivity contribution in [3.63, 3.8) is 0 Å². The van der Waals surface area contributed by atoms with E-state index in [4.69, 9.17) is 21.3 Å². The van der Waals surface area contributed by atoms with Crippen molar-refractivity contribution in [3.8, 4) is 22.6 Å². The predicted molar refractivity (Wildman–Crippen MR) is 114 cm³/mol. The van der Waals surface area contributed by atoms with Crippen molar-refractivity contribution in [3.05, 3.63) is 65.2 Å². The first-order valence-corrected chi connectivity index (χ1v) is 9.22. The fraction of sp³-hybridized carbons (Fsp3) is 0.136. The third kappa shape index (κ3) is 3.04. The number of aryl methyl sites for hydroxylation is 2. The third-order valence-corrected chi connectivity index (χ3v) is 5.03. The minimum atomic E-state index is 0.237. The molecule has 4 aromatic rings. The Balaban J connectivity index is 1.87. The first-order valence-electron chi connectivity index (χ1n) is 8.84. The number of hydrogen-bond acceptors (Lipinski definition) is 4. The number of hydrogen-bond donors (Lipinski definition) is 2. The molecule has 0 amide bonds. The zero-order valence-electron chi connectivity index (χ0n) is 15.8. The number of phenolic OH excluding ortho intramolecular Hbond substituents is 1. The lowest BCUT2D eigenvalue weighted by molar-refractivity contribution is 0.416. The summed E-state index contributed by atoms with van der Waals surface area (Å²) in [5, 5.41) is 14.3. The summed E-state index contributed by atoms with van der Waals surface area (Å²) in [6.45, 7) is 1.97. The van der Waals surface area contributed by atoms with E-state index in [1.54, 1.807) is 19.2 Å². The van der Waals surface area contributed by atoms with Crippen LogP contribution in [-0.2, 0) is 7.05 Å². The molecule has 1 aromatic heterocycles. The number of fused-ring (bicyclic) bond motifs is 1. The van der Waals surface area contributed by atoms with Gasteiger partial charge in [-0.2, -0.15) is 0 Å². The first-order chi connectivity index (χ1) is 13.5. The van der Waals surface area contributed by atoms with Gasteiger partial charge in [0.25, 0.3) is 0 Å². The van der Waals surface area contributed by atoms with E-state index in [9.17, 15) is 5.11 Å². The quantitative estimate of drug-likeness (QED) is 0.469. The smallest absolute Gasteiger partial charge is 0.208 e. The van der Waals surface area contributed by atoms with Gasteiger partial charge in [0.1, 0.15) is 11.5 Å². The van der Waals surface area contributed by atoms with Gasteiger partial charge in [0.05, 0.1) is 23.8 Å². The molecule has 0 fully saturated rings. The van der Waals surface area contributed by atoms with Crippen LogP contribution in [-0.4, -0.2) is 21.8 Å². The van der Waals surface area contributed by atoms with Gasteiger partial charge >= 0.3 is 0 Å². The second kappa shape index (κ2) is 7.09. The van der Waals surface area contributed by atoms with Crippen LogP contribution in [0, 0.1) is 6.92 Å². The maximum absolute atomic E-state index is 10.3. The molecule has 0 aliphatic carbocycles. The fourth-order valence-electron chi connectivity index (χ4n) is 3.44. The number of methoxy groups -OCH3 is 1. The average molecular weight is 394 g/mol. The SMILES string of the molecule is COc1cc(Cl)cc(C)c1Nc1nc2cccc(-c3ccccc3O)c2n1C. The standard InChI is InChI=1S/C22H20ClN3O2/c1-13-11-14(23)12-19(28-3)20(13)25-22-24-17-9-6-8-16(21(17)26(22)2)15-7-4-5-10-18(15)27/h4-12,27H,1-3H3,(H,24,25). The van der Waals surface area contributed by atoms with Crippen LogP contribution in [0.5, 0.6) is 11.5 Å². The number of ether oxygens (including phenoxy) is 1. The largest absolute Gasteiger partial charge is 0.507 e. The number of para-hydroxylation sites is 2. The Labute approximate surface area is 168 Å². The highest BCUT2D eigenvalue weighted by molar-refractivity contribution is 6.31. The van der Waals surface area contributed by atoms with E-state index in [0.29, 0.717) is 16.7 Å². The van der Waals surface area contributed by atoms with Crippen LogP contribution in [0.2, 0.25) is 5.02 Å². The lowest BCUT2D eigenvalue weighted by atomic mass is 10.0. The topological polar surface area (TPSA) is 59.3 Å². The van der Waals surface area contributed by atoms with Gasteiger partial charge in [0.2, 0.25) is 5.95 Å². The molecule has 0 atom stereocenters. The minimum absolute atomic E-state index is 0.237. The van der Waals surface area contributed by atoms with Crippen molar-refractivity contribution < 1.29 is 9.84 Å². The van der Waals surface area contributed by atoms with Crippen LogP contribution >= 0.6 is 11.6 Å². The van der Waals surface area contributed by atoms with Gasteiger partial charge in [-0.05, 0) is 30.7 Å². The van der Waals surface area contributed by atoms with Crippen molar-refractivity contribution in [2.75, 3.05) is 12.4 Å². The summed E-state index contributed by atoms with van der Waals surface area (Å²) < 4.78 is 7.46. The number of benzene rings is 3. The van der Waals surface area contributed by atoms with Crippen molar-refractivity contribution in [2.24, 2.45) is 7.05 Å². The Hall–Kier alpha value is -3.18. The second-order valence-corrected chi connectivity index (χ2v) is 7.05. The number of nitrogens with one attached hydrogen (secondary N) is 1. The summed E-state index contributed by atoms with van der Waals surface area (Å²) in [4.78, 5) is 4.74. The van der Waals surface area contributed by atoms with Crippen LogP contribution in [0.15, 0.2) is 54.6 Å². The van der Waals surface area contributed by atoms with Crippen molar-refractivity contribution in [1.82, 2.24) is 9.55 Å². The Kier molecular flexibility index (Phi) is 4.61. The second-order valence-electron chi connectivity index (χ2n) is 6.61. The van der Waals surface area contributed by atoms with Crippen LogP contribution in [0.25, 0.3) is 22.2 Å². The number of nitrogens with zero attached hydrogens (tertiary/aromatic N) is 2. The number of rotatable bonds is 4. The number of anilines is 2. The molecule has 0 saturated carbocycles. The zero-order chi connectivity index (χ0) is 19.8. The Morgan fingerprint density at radius 3 is 2.57 bits per heavy atom. The molecular formula is C22H20ClN3O2. The number of aromatic hydroxyl groups is 1. The molecule has 3 aromatic carbocycles. The van der Waals surface area contributed by atoms with E-state index in [0.717, 1.165) is 33.4 Å². The average Bonchev–Trinajstić information content (AvgIpc) is 3.00. The van der Waals surface area contributed by atoms with Gasteiger partial charge in [-0.25, -0.2) is 4.98 Å². The Bertz CT molecular complexity index is 1180. The summed E-state index contributed by atoms with van der Waals surface area (Å²) in [5.74, 6) is 1.56. The highest BCUT2D eigenvalue weighted by Crippen LogP contribution is 2.37. The molecule has 0 radical (unpaired) electrons. The Morgan fingerprint density at radius 2 is 1.82 bits per heavy atom. The fourth-order valence-corrected chi connectivity index (χ4v) is 3.71. The van der Waals surface area contributed by atoms with E-state index in [2.05, 4.69) is 5.32 Å². The summed E-state index contributed by atoms with van der Waals surface area (Å²) >= 11 is 6.15. The molecule has 0 bridgehead atoms. The zero-order valence-corrected chi connectivity index (χ0v) is 16.6. The van der Waals surface area contributed by atoms with E-state index in [1.165, 1.54) is 0 Å². The van der Waals surface area contributed by atoms with E-state index in [1.807, 2.05) is 61.0 Å². The Morgan fingerprint density at radius 1 is 1.07 bits per heavy atom. The highest BCUT2D eigenvalue weighted by atomic mass is 35.5. The molecular weight excluding hydrogens is 374 g/mol. The summed E-state index contributed by atoms with van der Waals surface area (Å²) in [6.07, 6.45) is 0. The minimum Gasteiger partial charge on any atom is -0.507 e.